The van der Waals surface area contributed by atoms with Crippen molar-refractivity contribution in [1.29, 1.82) is 0 Å². The molecule has 0 bridgehead atoms. The summed E-state index contributed by atoms with van der Waals surface area (Å²) < 4.78 is 10.4. The highest BCUT2D eigenvalue weighted by Crippen LogP contribution is 2.34. The zero-order chi connectivity index (χ0) is 25.7. The molecule has 2 aromatic rings. The molecule has 1 saturated carbocycles. The number of hydrogen-bond donors (Lipinski definition) is 0. The third-order valence-electron chi connectivity index (χ3n) is 6.74. The number of carbonyl (C=O) groups excluding carboxylic acids is 2. The Hall–Kier alpha value is -3.79. The lowest BCUT2D eigenvalue weighted by molar-refractivity contribution is -0.384. The molecule has 2 amide bonds. The van der Waals surface area contributed by atoms with Gasteiger partial charge in [0.05, 0.1) is 30.4 Å². The number of nitro groups is 1. The highest BCUT2D eigenvalue weighted by atomic mass is 16.6. The molecule has 10 nitrogen and oxygen atoms in total. The van der Waals surface area contributed by atoms with E-state index in [1.165, 1.54) is 17.1 Å². The van der Waals surface area contributed by atoms with E-state index < -0.39 is 4.92 Å². The zero-order valence-electron chi connectivity index (χ0n) is 20.5. The SMILES string of the molecule is COCCN(CC(=O)N1N=C(c2ccc([N+](=O)[O-])cc2)C[C@H]1c1ccc(OC)cc1)C(=O)C1CCC1. The first-order chi connectivity index (χ1) is 17.4. The van der Waals surface area contributed by atoms with Crippen molar-refractivity contribution in [3.63, 3.8) is 0 Å². The number of nitrogens with zero attached hydrogens (tertiary/aromatic N) is 4. The molecule has 0 N–H and O–H groups in total. The molecule has 0 radical (unpaired) electrons. The second-order valence-corrected chi connectivity index (χ2v) is 8.96. The Balaban J connectivity index is 1.60. The molecule has 190 valence electrons. The van der Waals surface area contributed by atoms with Gasteiger partial charge >= 0.3 is 0 Å². The van der Waals surface area contributed by atoms with Crippen LogP contribution in [0.4, 0.5) is 5.69 Å². The van der Waals surface area contributed by atoms with Crippen LogP contribution in [0, 0.1) is 16.0 Å². The monoisotopic (exact) mass is 494 g/mol. The second-order valence-electron chi connectivity index (χ2n) is 8.96. The van der Waals surface area contributed by atoms with Gasteiger partial charge in [-0.25, -0.2) is 5.01 Å². The Bertz CT molecular complexity index is 1130. The molecule has 1 fully saturated rings. The van der Waals surface area contributed by atoms with Gasteiger partial charge < -0.3 is 14.4 Å². The maximum atomic E-state index is 13.5. The number of hydrazone groups is 1. The van der Waals surface area contributed by atoms with Crippen LogP contribution in [0.3, 0.4) is 0 Å². The van der Waals surface area contributed by atoms with Crippen LogP contribution in [-0.4, -0.2) is 66.3 Å². The smallest absolute Gasteiger partial charge is 0.269 e. The first-order valence-corrected chi connectivity index (χ1v) is 12.0. The van der Waals surface area contributed by atoms with E-state index in [0.29, 0.717) is 36.6 Å². The molecule has 4 rings (SSSR count). The Kier molecular flexibility index (Phi) is 7.94. The Labute approximate surface area is 209 Å². The lowest BCUT2D eigenvalue weighted by Gasteiger charge is -2.32. The van der Waals surface area contributed by atoms with E-state index in [4.69, 9.17) is 9.47 Å². The summed E-state index contributed by atoms with van der Waals surface area (Å²) in [4.78, 5) is 38.7. The van der Waals surface area contributed by atoms with Crippen molar-refractivity contribution < 1.29 is 24.0 Å². The Morgan fingerprint density at radius 1 is 1.11 bits per heavy atom. The van der Waals surface area contributed by atoms with Crippen molar-refractivity contribution in [2.24, 2.45) is 11.0 Å². The molecular weight excluding hydrogens is 464 g/mol. The third-order valence-corrected chi connectivity index (χ3v) is 6.74. The number of ether oxygens (including phenoxy) is 2. The van der Waals surface area contributed by atoms with Crippen LogP contribution in [0.5, 0.6) is 5.75 Å². The van der Waals surface area contributed by atoms with Crippen molar-refractivity contribution in [3.8, 4) is 5.75 Å². The van der Waals surface area contributed by atoms with Gasteiger partial charge in [0.1, 0.15) is 12.3 Å². The molecule has 0 saturated heterocycles. The predicted molar refractivity (Wildman–Crippen MR) is 133 cm³/mol. The molecule has 10 heteroatoms. The number of carbonyl (C=O) groups is 2. The van der Waals surface area contributed by atoms with Crippen molar-refractivity contribution in [2.75, 3.05) is 33.9 Å². The van der Waals surface area contributed by atoms with E-state index in [2.05, 4.69) is 5.10 Å². The maximum Gasteiger partial charge on any atom is 0.269 e. The third kappa shape index (κ3) is 5.54. The fraction of sp³-hybridized carbons (Fsp3) is 0.423. The van der Waals surface area contributed by atoms with Gasteiger partial charge in [0, 0.05) is 38.1 Å². The van der Waals surface area contributed by atoms with Gasteiger partial charge in [-0.05, 0) is 48.2 Å². The van der Waals surface area contributed by atoms with Crippen LogP contribution in [0.1, 0.15) is 42.9 Å². The molecule has 0 unspecified atom stereocenters. The Morgan fingerprint density at radius 2 is 1.81 bits per heavy atom. The number of benzene rings is 2. The highest BCUT2D eigenvalue weighted by molar-refractivity contribution is 6.03. The van der Waals surface area contributed by atoms with Gasteiger partial charge in [0.15, 0.2) is 0 Å². The minimum Gasteiger partial charge on any atom is -0.497 e. The fourth-order valence-electron chi connectivity index (χ4n) is 4.39. The number of hydrogen-bond acceptors (Lipinski definition) is 7. The van der Waals surface area contributed by atoms with Crippen LogP contribution >= 0.6 is 0 Å². The second kappa shape index (κ2) is 11.3. The first kappa shape index (κ1) is 25.3. The van der Waals surface area contributed by atoms with Gasteiger partial charge in [-0.2, -0.15) is 5.10 Å². The minimum absolute atomic E-state index is 0.0136. The Morgan fingerprint density at radius 3 is 2.36 bits per heavy atom. The maximum absolute atomic E-state index is 13.5. The summed E-state index contributed by atoms with van der Waals surface area (Å²) >= 11 is 0. The normalized spacial score (nSPS) is 17.3. The van der Waals surface area contributed by atoms with Gasteiger partial charge in [0.25, 0.3) is 11.6 Å². The summed E-state index contributed by atoms with van der Waals surface area (Å²) in [5, 5.41) is 17.1. The molecular formula is C26H30N4O6. The van der Waals surface area contributed by atoms with Gasteiger partial charge in [-0.1, -0.05) is 18.6 Å². The zero-order valence-corrected chi connectivity index (χ0v) is 20.5. The molecule has 36 heavy (non-hydrogen) atoms. The van der Waals surface area contributed by atoms with Gasteiger partial charge in [-0.3, -0.25) is 19.7 Å². The number of amides is 2. The summed E-state index contributed by atoms with van der Waals surface area (Å²) in [5.74, 6) is 0.343. The van der Waals surface area contributed by atoms with Gasteiger partial charge in [0.2, 0.25) is 5.91 Å². The average molecular weight is 495 g/mol. The van der Waals surface area contributed by atoms with Gasteiger partial charge in [-0.15, -0.1) is 0 Å². The number of nitro benzene ring substituents is 1. The van der Waals surface area contributed by atoms with Crippen molar-refractivity contribution in [1.82, 2.24) is 9.91 Å². The summed E-state index contributed by atoms with van der Waals surface area (Å²) in [5.41, 5.74) is 2.21. The topological polar surface area (TPSA) is 115 Å². The van der Waals surface area contributed by atoms with Crippen LogP contribution in [0.2, 0.25) is 0 Å². The highest BCUT2D eigenvalue weighted by Gasteiger charge is 2.36. The fourth-order valence-corrected chi connectivity index (χ4v) is 4.39. The van der Waals surface area contributed by atoms with E-state index in [-0.39, 0.29) is 36.0 Å². The quantitative estimate of drug-likeness (QED) is 0.369. The molecule has 2 aliphatic rings. The van der Waals surface area contributed by atoms with E-state index in [1.807, 2.05) is 24.3 Å². The molecule has 0 aromatic heterocycles. The van der Waals surface area contributed by atoms with Crippen LogP contribution in [0.25, 0.3) is 0 Å². The van der Waals surface area contributed by atoms with Crippen molar-refractivity contribution in [3.05, 3.63) is 69.8 Å². The summed E-state index contributed by atoms with van der Waals surface area (Å²) in [6, 6.07) is 13.2. The summed E-state index contributed by atoms with van der Waals surface area (Å²) in [6.45, 7) is 0.574. The summed E-state index contributed by atoms with van der Waals surface area (Å²) in [7, 11) is 3.15. The first-order valence-electron chi connectivity index (χ1n) is 12.0. The summed E-state index contributed by atoms with van der Waals surface area (Å²) in [6.07, 6.45) is 3.15. The number of methoxy groups -OCH3 is 2. The lowest BCUT2D eigenvalue weighted by atomic mass is 9.84. The average Bonchev–Trinajstić information content (AvgIpc) is 3.31. The van der Waals surface area contributed by atoms with Crippen molar-refractivity contribution >= 4 is 23.2 Å². The molecule has 2 aromatic carbocycles. The molecule has 1 heterocycles. The molecule has 1 atom stereocenters. The number of non-ortho nitro benzene ring substituents is 1. The van der Waals surface area contributed by atoms with E-state index >= 15 is 0 Å². The van der Waals surface area contributed by atoms with Crippen LogP contribution < -0.4 is 4.74 Å². The lowest BCUT2D eigenvalue weighted by Crippen LogP contribution is -2.46. The molecule has 0 spiro atoms. The van der Waals surface area contributed by atoms with Crippen LogP contribution in [0.15, 0.2) is 53.6 Å². The molecule has 1 aliphatic carbocycles. The van der Waals surface area contributed by atoms with Crippen LogP contribution in [-0.2, 0) is 14.3 Å². The van der Waals surface area contributed by atoms with E-state index in [9.17, 15) is 19.7 Å². The predicted octanol–water partition coefficient (Wildman–Crippen LogP) is 3.56. The molecule has 1 aliphatic heterocycles. The largest absolute Gasteiger partial charge is 0.497 e. The van der Waals surface area contributed by atoms with E-state index in [1.54, 1.807) is 31.3 Å². The standard InChI is InChI=1S/C26H30N4O6/c1-35-15-14-28(26(32)20-4-3-5-20)17-25(31)29-24(19-8-12-22(36-2)13-9-19)16-23(27-29)18-6-10-21(11-7-18)30(33)34/h6-13,20,24H,3-5,14-17H2,1-2H3/t24-/m0/s1. The minimum atomic E-state index is -0.454. The van der Waals surface area contributed by atoms with Crippen molar-refractivity contribution in [2.45, 2.75) is 31.7 Å². The van der Waals surface area contributed by atoms with E-state index in [0.717, 1.165) is 24.8 Å². The number of rotatable bonds is 10.